The maximum Gasteiger partial charge on any atom is 0.0707 e. The van der Waals surface area contributed by atoms with Crippen LogP contribution in [0.25, 0.3) is 0 Å². The summed E-state index contributed by atoms with van der Waals surface area (Å²) < 4.78 is 5.93. The fourth-order valence-electron chi connectivity index (χ4n) is 3.85. The zero-order valence-corrected chi connectivity index (χ0v) is 11.2. The molecule has 3 aliphatic heterocycles. The lowest BCUT2D eigenvalue weighted by atomic mass is 9.76. The average molecular weight is 238 g/mol. The molecular formula is C14H26N2O. The van der Waals surface area contributed by atoms with Gasteiger partial charge in [0.05, 0.1) is 12.2 Å². The van der Waals surface area contributed by atoms with Crippen LogP contribution in [0.5, 0.6) is 0 Å². The second-order valence-electron chi connectivity index (χ2n) is 6.60. The molecule has 3 aliphatic rings. The Morgan fingerprint density at radius 3 is 2.53 bits per heavy atom. The molecule has 17 heavy (non-hydrogen) atoms. The maximum absolute atomic E-state index is 5.93. The number of likely N-dealkylation sites (tertiary alicyclic amines) is 1. The van der Waals surface area contributed by atoms with E-state index in [0.29, 0.717) is 17.6 Å². The number of nitrogens with one attached hydrogen (secondary N) is 1. The van der Waals surface area contributed by atoms with Crippen molar-refractivity contribution in [1.29, 1.82) is 0 Å². The Kier molecular flexibility index (Phi) is 3.18. The monoisotopic (exact) mass is 238 g/mol. The molecule has 3 fully saturated rings. The molecule has 3 heterocycles. The van der Waals surface area contributed by atoms with Crippen LogP contribution >= 0.6 is 0 Å². The third-order valence-electron chi connectivity index (χ3n) is 5.16. The summed E-state index contributed by atoms with van der Waals surface area (Å²) in [5.41, 5.74) is 0.511. The second-order valence-corrected chi connectivity index (χ2v) is 6.60. The molecule has 3 heteroatoms. The van der Waals surface area contributed by atoms with Crippen molar-refractivity contribution in [2.45, 2.75) is 45.3 Å². The standard InChI is InChI=1S/C14H26N2O/c1-11(2)14(5-6-15-9-14)10-16-7-12-3-4-13(8-16)17-12/h11-13,15H,3-10H2,1-2H3. The summed E-state index contributed by atoms with van der Waals surface area (Å²) in [6, 6.07) is 0. The van der Waals surface area contributed by atoms with Crippen molar-refractivity contribution in [3.63, 3.8) is 0 Å². The SMILES string of the molecule is CC(C)C1(CN2CC3CCC(C2)O3)CCNC1. The van der Waals surface area contributed by atoms with E-state index in [-0.39, 0.29) is 0 Å². The molecule has 1 N–H and O–H groups in total. The lowest BCUT2D eigenvalue weighted by Gasteiger charge is -2.41. The number of morpholine rings is 1. The van der Waals surface area contributed by atoms with Crippen LogP contribution in [0.15, 0.2) is 0 Å². The molecule has 3 nitrogen and oxygen atoms in total. The zero-order chi connectivity index (χ0) is 11.9. The normalized spacial score (nSPS) is 42.5. The predicted molar refractivity (Wildman–Crippen MR) is 69.1 cm³/mol. The van der Waals surface area contributed by atoms with Crippen LogP contribution in [0, 0.1) is 11.3 Å². The van der Waals surface area contributed by atoms with Gasteiger partial charge in [-0.2, -0.15) is 0 Å². The van der Waals surface area contributed by atoms with Crippen molar-refractivity contribution in [2.24, 2.45) is 11.3 Å². The number of hydrogen-bond acceptors (Lipinski definition) is 3. The fraction of sp³-hybridized carbons (Fsp3) is 1.00. The van der Waals surface area contributed by atoms with Gasteiger partial charge in [0, 0.05) is 26.2 Å². The third-order valence-corrected chi connectivity index (χ3v) is 5.16. The summed E-state index contributed by atoms with van der Waals surface area (Å²) in [5, 5.41) is 3.56. The summed E-state index contributed by atoms with van der Waals surface area (Å²) in [5.74, 6) is 0.776. The van der Waals surface area contributed by atoms with E-state index >= 15 is 0 Å². The molecule has 0 aromatic heterocycles. The highest BCUT2D eigenvalue weighted by atomic mass is 16.5. The van der Waals surface area contributed by atoms with Crippen LogP contribution in [-0.2, 0) is 4.74 Å². The van der Waals surface area contributed by atoms with Crippen molar-refractivity contribution in [2.75, 3.05) is 32.7 Å². The van der Waals surface area contributed by atoms with Crippen LogP contribution in [-0.4, -0.2) is 49.8 Å². The van der Waals surface area contributed by atoms with Gasteiger partial charge >= 0.3 is 0 Å². The molecule has 0 aromatic carbocycles. The highest BCUT2D eigenvalue weighted by molar-refractivity contribution is 4.95. The quantitative estimate of drug-likeness (QED) is 0.806. The minimum Gasteiger partial charge on any atom is -0.372 e. The highest BCUT2D eigenvalue weighted by Gasteiger charge is 2.41. The smallest absolute Gasteiger partial charge is 0.0707 e. The van der Waals surface area contributed by atoms with Crippen molar-refractivity contribution >= 4 is 0 Å². The Morgan fingerprint density at radius 2 is 2.00 bits per heavy atom. The van der Waals surface area contributed by atoms with Crippen LogP contribution < -0.4 is 5.32 Å². The van der Waals surface area contributed by atoms with Gasteiger partial charge in [0.1, 0.15) is 0 Å². The van der Waals surface area contributed by atoms with E-state index in [9.17, 15) is 0 Å². The molecule has 3 atom stereocenters. The maximum atomic E-state index is 5.93. The van der Waals surface area contributed by atoms with Crippen molar-refractivity contribution in [3.8, 4) is 0 Å². The first-order valence-corrected chi connectivity index (χ1v) is 7.26. The van der Waals surface area contributed by atoms with Gasteiger partial charge in [-0.05, 0) is 37.1 Å². The van der Waals surface area contributed by atoms with Gasteiger partial charge in [0.15, 0.2) is 0 Å². The molecule has 2 bridgehead atoms. The first kappa shape index (κ1) is 11.9. The summed E-state index contributed by atoms with van der Waals surface area (Å²) >= 11 is 0. The van der Waals surface area contributed by atoms with Gasteiger partial charge < -0.3 is 10.1 Å². The van der Waals surface area contributed by atoms with Crippen LogP contribution in [0.3, 0.4) is 0 Å². The summed E-state index contributed by atoms with van der Waals surface area (Å²) in [4.78, 5) is 2.68. The number of rotatable bonds is 3. The van der Waals surface area contributed by atoms with E-state index in [2.05, 4.69) is 24.1 Å². The Hall–Kier alpha value is -0.120. The molecule has 0 aromatic rings. The lowest BCUT2D eigenvalue weighted by Crippen LogP contribution is -2.49. The largest absolute Gasteiger partial charge is 0.372 e. The van der Waals surface area contributed by atoms with Gasteiger partial charge in [-0.1, -0.05) is 13.8 Å². The van der Waals surface area contributed by atoms with E-state index in [0.717, 1.165) is 5.92 Å². The van der Waals surface area contributed by atoms with Crippen molar-refractivity contribution in [3.05, 3.63) is 0 Å². The van der Waals surface area contributed by atoms with E-state index in [1.165, 1.54) is 52.0 Å². The zero-order valence-electron chi connectivity index (χ0n) is 11.2. The van der Waals surface area contributed by atoms with Crippen molar-refractivity contribution < 1.29 is 4.74 Å². The minimum atomic E-state index is 0.511. The number of nitrogens with zero attached hydrogens (tertiary/aromatic N) is 1. The molecule has 0 spiro atoms. The fourth-order valence-corrected chi connectivity index (χ4v) is 3.85. The average Bonchev–Trinajstić information content (AvgIpc) is 2.87. The molecule has 0 radical (unpaired) electrons. The molecular weight excluding hydrogens is 212 g/mol. The van der Waals surface area contributed by atoms with Gasteiger partial charge in [0.25, 0.3) is 0 Å². The van der Waals surface area contributed by atoms with Gasteiger partial charge in [-0.15, -0.1) is 0 Å². The number of hydrogen-bond donors (Lipinski definition) is 1. The summed E-state index contributed by atoms with van der Waals surface area (Å²) in [6.07, 6.45) is 4.99. The summed E-state index contributed by atoms with van der Waals surface area (Å²) in [6.45, 7) is 10.8. The minimum absolute atomic E-state index is 0.511. The molecule has 0 amide bonds. The molecule has 3 saturated heterocycles. The first-order chi connectivity index (χ1) is 8.18. The number of fused-ring (bicyclic) bond motifs is 2. The molecule has 98 valence electrons. The Bertz CT molecular complexity index is 261. The first-order valence-electron chi connectivity index (χ1n) is 7.26. The Balaban J connectivity index is 1.65. The van der Waals surface area contributed by atoms with Gasteiger partial charge in [-0.25, -0.2) is 0 Å². The highest BCUT2D eigenvalue weighted by Crippen LogP contribution is 2.37. The predicted octanol–water partition coefficient (Wildman–Crippen LogP) is 1.49. The molecule has 0 saturated carbocycles. The van der Waals surface area contributed by atoms with Crippen LogP contribution in [0.2, 0.25) is 0 Å². The van der Waals surface area contributed by atoms with E-state index in [1.807, 2.05) is 0 Å². The topological polar surface area (TPSA) is 24.5 Å². The molecule has 3 unspecified atom stereocenters. The van der Waals surface area contributed by atoms with Crippen molar-refractivity contribution in [1.82, 2.24) is 10.2 Å². The van der Waals surface area contributed by atoms with Gasteiger partial charge in [-0.3, -0.25) is 4.90 Å². The molecule has 0 aliphatic carbocycles. The Labute approximate surface area is 105 Å². The van der Waals surface area contributed by atoms with E-state index in [4.69, 9.17) is 4.74 Å². The lowest BCUT2D eigenvalue weighted by molar-refractivity contribution is -0.0533. The van der Waals surface area contributed by atoms with Crippen LogP contribution in [0.1, 0.15) is 33.1 Å². The van der Waals surface area contributed by atoms with E-state index < -0.39 is 0 Å². The van der Waals surface area contributed by atoms with Crippen LogP contribution in [0.4, 0.5) is 0 Å². The second kappa shape index (κ2) is 4.52. The number of ether oxygens (including phenoxy) is 1. The van der Waals surface area contributed by atoms with Gasteiger partial charge in [0.2, 0.25) is 0 Å². The molecule has 3 rings (SSSR count). The summed E-state index contributed by atoms with van der Waals surface area (Å²) in [7, 11) is 0. The van der Waals surface area contributed by atoms with E-state index in [1.54, 1.807) is 0 Å². The third kappa shape index (κ3) is 2.25. The Morgan fingerprint density at radius 1 is 1.29 bits per heavy atom.